The molecule has 0 aliphatic carbocycles. The third-order valence-corrected chi connectivity index (χ3v) is 3.20. The van der Waals surface area contributed by atoms with Gasteiger partial charge in [0.2, 0.25) is 5.28 Å². The first-order valence-corrected chi connectivity index (χ1v) is 7.02. The lowest BCUT2D eigenvalue weighted by Crippen LogP contribution is -2.08. The standard InChI is InChI=1S/C7H4Br2O2.C4H5ClN4/c8-5-1-4(3-10)7(11)6(9)2-5;5-4-7-2-1-3(8-4)9-6/h1-3,11H;1-2H,6H2,(H,7,8,9). The van der Waals surface area contributed by atoms with Crippen molar-refractivity contribution >= 4 is 55.6 Å². The molecule has 6 nitrogen and oxygen atoms in total. The van der Waals surface area contributed by atoms with Crippen molar-refractivity contribution in [3.05, 3.63) is 44.2 Å². The van der Waals surface area contributed by atoms with Crippen LogP contribution in [0, 0.1) is 0 Å². The quantitative estimate of drug-likeness (QED) is 0.296. The highest BCUT2D eigenvalue weighted by Gasteiger charge is 2.05. The van der Waals surface area contributed by atoms with Crippen LogP contribution in [0.3, 0.4) is 0 Å². The molecule has 106 valence electrons. The Morgan fingerprint density at radius 1 is 1.40 bits per heavy atom. The number of hydrogen-bond donors (Lipinski definition) is 3. The van der Waals surface area contributed by atoms with Gasteiger partial charge in [0, 0.05) is 16.7 Å². The van der Waals surface area contributed by atoms with Crippen LogP contribution in [-0.2, 0) is 0 Å². The Hall–Kier alpha value is -1.22. The number of rotatable bonds is 2. The first kappa shape index (κ1) is 16.8. The minimum atomic E-state index is -0.0248. The van der Waals surface area contributed by atoms with E-state index in [1.807, 2.05) is 0 Å². The molecule has 0 aliphatic heterocycles. The number of nitrogen functional groups attached to an aromatic ring is 1. The van der Waals surface area contributed by atoms with Crippen LogP contribution in [-0.4, -0.2) is 21.4 Å². The molecule has 0 aliphatic rings. The van der Waals surface area contributed by atoms with Crippen LogP contribution in [0.5, 0.6) is 5.75 Å². The Balaban J connectivity index is 0.000000204. The summed E-state index contributed by atoms with van der Waals surface area (Å²) < 4.78 is 1.26. The lowest BCUT2D eigenvalue weighted by molar-refractivity contribution is 0.112. The second kappa shape index (κ2) is 8.15. The number of hydrazine groups is 1. The maximum Gasteiger partial charge on any atom is 0.224 e. The Bertz CT molecular complexity index is 613. The van der Waals surface area contributed by atoms with Gasteiger partial charge in [-0.15, -0.1) is 0 Å². The Labute approximate surface area is 136 Å². The van der Waals surface area contributed by atoms with Gasteiger partial charge < -0.3 is 10.5 Å². The molecule has 0 amide bonds. The van der Waals surface area contributed by atoms with Crippen LogP contribution in [0.25, 0.3) is 0 Å². The average molecular weight is 424 g/mol. The molecule has 0 saturated carbocycles. The number of hydrogen-bond acceptors (Lipinski definition) is 6. The maximum atomic E-state index is 10.3. The molecule has 0 atom stereocenters. The van der Waals surface area contributed by atoms with Gasteiger partial charge in [0.1, 0.15) is 11.6 Å². The van der Waals surface area contributed by atoms with Crippen LogP contribution < -0.4 is 11.3 Å². The van der Waals surface area contributed by atoms with E-state index in [1.54, 1.807) is 18.2 Å². The SMILES string of the molecule is NNc1ccnc(Cl)n1.O=Cc1cc(Br)cc(Br)c1O. The lowest BCUT2D eigenvalue weighted by atomic mass is 10.2. The number of nitrogens with two attached hydrogens (primary N) is 1. The van der Waals surface area contributed by atoms with Crippen molar-refractivity contribution < 1.29 is 9.90 Å². The molecule has 20 heavy (non-hydrogen) atoms. The third kappa shape index (κ3) is 5.04. The Kier molecular flexibility index (Phi) is 6.86. The van der Waals surface area contributed by atoms with Gasteiger partial charge in [-0.2, -0.15) is 4.98 Å². The molecule has 0 saturated heterocycles. The van der Waals surface area contributed by atoms with Crippen LogP contribution >= 0.6 is 43.5 Å². The van der Waals surface area contributed by atoms with Gasteiger partial charge >= 0.3 is 0 Å². The van der Waals surface area contributed by atoms with Gasteiger partial charge in [-0.25, -0.2) is 10.8 Å². The van der Waals surface area contributed by atoms with Crippen LogP contribution in [0.4, 0.5) is 5.82 Å². The average Bonchev–Trinajstić information content (AvgIpc) is 2.43. The number of aldehydes is 1. The predicted molar refractivity (Wildman–Crippen MR) is 83.7 cm³/mol. The predicted octanol–water partition coefficient (Wildman–Crippen LogP) is 3.15. The van der Waals surface area contributed by atoms with E-state index in [-0.39, 0.29) is 16.6 Å². The molecular formula is C11H9Br2ClN4O2. The molecule has 0 radical (unpaired) electrons. The second-order valence-corrected chi connectivity index (χ2v) is 5.41. The zero-order chi connectivity index (χ0) is 15.1. The number of carbonyl (C=O) groups excluding carboxylic acids is 1. The van der Waals surface area contributed by atoms with E-state index in [1.165, 1.54) is 6.20 Å². The van der Waals surface area contributed by atoms with E-state index >= 15 is 0 Å². The number of phenols is 1. The number of nitrogens with one attached hydrogen (secondary N) is 1. The van der Waals surface area contributed by atoms with Crippen molar-refractivity contribution in [2.24, 2.45) is 5.84 Å². The zero-order valence-corrected chi connectivity index (χ0v) is 13.8. The van der Waals surface area contributed by atoms with Crippen molar-refractivity contribution in [3.63, 3.8) is 0 Å². The molecular weight excluding hydrogens is 415 g/mol. The number of carbonyl (C=O) groups is 1. The number of benzene rings is 1. The molecule has 1 heterocycles. The fourth-order valence-corrected chi connectivity index (χ4v) is 2.50. The number of phenolic OH excluding ortho intramolecular Hbond substituents is 1. The van der Waals surface area contributed by atoms with E-state index in [2.05, 4.69) is 47.3 Å². The van der Waals surface area contributed by atoms with Gasteiger partial charge in [-0.1, -0.05) is 15.9 Å². The number of aromatic hydroxyl groups is 1. The summed E-state index contributed by atoms with van der Waals surface area (Å²) in [5, 5.41) is 9.41. The largest absolute Gasteiger partial charge is 0.506 e. The van der Waals surface area contributed by atoms with Gasteiger partial charge in [-0.3, -0.25) is 4.79 Å². The summed E-state index contributed by atoms with van der Waals surface area (Å²) in [6.07, 6.45) is 2.12. The summed E-state index contributed by atoms with van der Waals surface area (Å²) in [7, 11) is 0. The van der Waals surface area contributed by atoms with Crippen molar-refractivity contribution in [1.29, 1.82) is 0 Å². The lowest BCUT2D eigenvalue weighted by Gasteiger charge is -1.99. The topological polar surface area (TPSA) is 101 Å². The molecule has 2 aromatic rings. The molecule has 1 aromatic heterocycles. The van der Waals surface area contributed by atoms with Gasteiger partial charge in [0.05, 0.1) is 10.0 Å². The highest BCUT2D eigenvalue weighted by molar-refractivity contribution is 9.11. The van der Waals surface area contributed by atoms with E-state index in [0.717, 1.165) is 4.47 Å². The number of aromatic nitrogens is 2. The van der Waals surface area contributed by atoms with Crippen molar-refractivity contribution in [2.45, 2.75) is 0 Å². The highest BCUT2D eigenvalue weighted by Crippen LogP contribution is 2.30. The summed E-state index contributed by atoms with van der Waals surface area (Å²) in [5.74, 6) is 5.50. The highest BCUT2D eigenvalue weighted by atomic mass is 79.9. The summed E-state index contributed by atoms with van der Waals surface area (Å²) in [6, 6.07) is 4.83. The van der Waals surface area contributed by atoms with E-state index in [4.69, 9.17) is 17.4 Å². The smallest absolute Gasteiger partial charge is 0.224 e. The van der Waals surface area contributed by atoms with Gasteiger partial charge in [0.25, 0.3) is 0 Å². The van der Waals surface area contributed by atoms with Crippen LogP contribution in [0.2, 0.25) is 5.28 Å². The number of halogens is 3. The first-order chi connectivity index (χ1) is 9.47. The Morgan fingerprint density at radius 2 is 2.10 bits per heavy atom. The monoisotopic (exact) mass is 422 g/mol. The number of anilines is 1. The fourth-order valence-electron chi connectivity index (χ4n) is 1.09. The zero-order valence-electron chi connectivity index (χ0n) is 9.85. The van der Waals surface area contributed by atoms with Crippen LogP contribution in [0.15, 0.2) is 33.3 Å². The van der Waals surface area contributed by atoms with E-state index in [0.29, 0.717) is 16.6 Å². The van der Waals surface area contributed by atoms with Crippen molar-refractivity contribution in [2.75, 3.05) is 5.43 Å². The van der Waals surface area contributed by atoms with Crippen molar-refractivity contribution in [1.82, 2.24) is 9.97 Å². The maximum absolute atomic E-state index is 10.3. The summed E-state index contributed by atoms with van der Waals surface area (Å²) in [4.78, 5) is 17.7. The molecule has 1 aromatic carbocycles. The van der Waals surface area contributed by atoms with E-state index < -0.39 is 0 Å². The molecule has 0 spiro atoms. The molecule has 0 unspecified atom stereocenters. The fraction of sp³-hybridized carbons (Fsp3) is 0. The summed E-state index contributed by atoms with van der Waals surface area (Å²) >= 11 is 11.7. The molecule has 0 bridgehead atoms. The normalized spacial score (nSPS) is 9.40. The van der Waals surface area contributed by atoms with E-state index in [9.17, 15) is 9.90 Å². The van der Waals surface area contributed by atoms with Gasteiger partial charge in [-0.05, 0) is 39.7 Å². The minimum Gasteiger partial charge on any atom is -0.506 e. The number of nitrogens with zero attached hydrogens (tertiary/aromatic N) is 2. The minimum absolute atomic E-state index is 0.0248. The van der Waals surface area contributed by atoms with Crippen molar-refractivity contribution in [3.8, 4) is 5.75 Å². The molecule has 9 heteroatoms. The molecule has 0 fully saturated rings. The molecule has 4 N–H and O–H groups in total. The van der Waals surface area contributed by atoms with Crippen LogP contribution in [0.1, 0.15) is 10.4 Å². The first-order valence-electron chi connectivity index (χ1n) is 5.06. The summed E-state index contributed by atoms with van der Waals surface area (Å²) in [6.45, 7) is 0. The second-order valence-electron chi connectivity index (χ2n) is 3.30. The third-order valence-electron chi connectivity index (χ3n) is 1.96. The Morgan fingerprint density at radius 3 is 2.60 bits per heavy atom. The van der Waals surface area contributed by atoms with Gasteiger partial charge in [0.15, 0.2) is 6.29 Å². The molecule has 2 rings (SSSR count). The summed E-state index contributed by atoms with van der Waals surface area (Å²) in [5.41, 5.74) is 2.60.